The molecule has 1 amide bonds. The van der Waals surface area contributed by atoms with Crippen LogP contribution in [0.2, 0.25) is 0 Å². The molecule has 1 aliphatic rings. The van der Waals surface area contributed by atoms with E-state index in [0.29, 0.717) is 6.61 Å². The molecule has 330 valence electrons. The van der Waals surface area contributed by atoms with Gasteiger partial charge < -0.3 is 33.7 Å². The van der Waals surface area contributed by atoms with E-state index in [4.69, 9.17) is 31.5 Å². The van der Waals surface area contributed by atoms with E-state index >= 15 is 0 Å². The summed E-state index contributed by atoms with van der Waals surface area (Å²) in [6, 6.07) is 46.9. The third-order valence-electron chi connectivity index (χ3n) is 10.3. The van der Waals surface area contributed by atoms with Crippen molar-refractivity contribution in [2.24, 2.45) is 5.10 Å². The predicted octanol–water partition coefficient (Wildman–Crippen LogP) is 8.19. The number of benzene rings is 5. The maximum absolute atomic E-state index is 13.2. The third kappa shape index (κ3) is 14.4. The van der Waals surface area contributed by atoms with Crippen LogP contribution < -0.4 is 10.7 Å². The molecule has 63 heavy (non-hydrogen) atoms. The van der Waals surface area contributed by atoms with Gasteiger partial charge in [0.05, 0.1) is 33.0 Å². The van der Waals surface area contributed by atoms with Crippen molar-refractivity contribution in [2.45, 2.75) is 88.7 Å². The highest BCUT2D eigenvalue weighted by molar-refractivity contribution is 14.1. The SMILES string of the molecule is C=C[C@H](NC(=O)[C@H](C)N/N=C/C[C@]1(OI)O[C@H](COCc2ccccc2)[C@H](OCc2ccccc2)[C@H](OCc2ccccc2)[C@H]1OCc1ccccc1)C(=O)OCc1ccccc1. The first-order valence-electron chi connectivity index (χ1n) is 20.8. The molecule has 0 unspecified atom stereocenters. The lowest BCUT2D eigenvalue weighted by Crippen LogP contribution is -2.67. The first-order valence-corrected chi connectivity index (χ1v) is 21.7. The second-order valence-electron chi connectivity index (χ2n) is 15.0. The molecule has 1 heterocycles. The van der Waals surface area contributed by atoms with E-state index in [-0.39, 0.29) is 39.5 Å². The predicted molar refractivity (Wildman–Crippen MR) is 248 cm³/mol. The summed E-state index contributed by atoms with van der Waals surface area (Å²) in [7, 11) is 0. The Hall–Kier alpha value is -5.26. The fourth-order valence-electron chi connectivity index (χ4n) is 6.88. The van der Waals surface area contributed by atoms with Gasteiger partial charge in [-0.05, 0) is 34.7 Å². The fraction of sp³-hybridized carbons (Fsp3) is 0.300. The molecule has 6 rings (SSSR count). The number of hydrogen-bond acceptors (Lipinski definition) is 11. The van der Waals surface area contributed by atoms with E-state index in [1.807, 2.05) is 175 Å². The molecular weight excluding hydrogens is 913 g/mol. The van der Waals surface area contributed by atoms with Gasteiger partial charge in [0, 0.05) is 12.6 Å². The molecule has 5 aromatic carbocycles. The number of hydrazone groups is 1. The van der Waals surface area contributed by atoms with Crippen molar-refractivity contribution in [3.63, 3.8) is 0 Å². The molecule has 0 spiro atoms. The first-order chi connectivity index (χ1) is 30.9. The zero-order valence-electron chi connectivity index (χ0n) is 35.2. The lowest BCUT2D eigenvalue weighted by atomic mass is 9.90. The van der Waals surface area contributed by atoms with Gasteiger partial charge >= 0.3 is 5.97 Å². The Morgan fingerprint density at radius 3 is 1.65 bits per heavy atom. The van der Waals surface area contributed by atoms with E-state index in [1.54, 1.807) is 13.1 Å². The molecule has 1 saturated heterocycles. The number of halogens is 1. The Balaban J connectivity index is 1.24. The molecule has 0 aliphatic carbocycles. The zero-order chi connectivity index (χ0) is 44.1. The van der Waals surface area contributed by atoms with E-state index < -0.39 is 54.2 Å². The average Bonchev–Trinajstić information content (AvgIpc) is 3.33. The number of carbonyl (C=O) groups is 2. The number of hydrogen-bond donors (Lipinski definition) is 2. The van der Waals surface area contributed by atoms with Gasteiger partial charge in [-0.3, -0.25) is 13.3 Å². The van der Waals surface area contributed by atoms with Crippen LogP contribution in [0.1, 0.15) is 41.2 Å². The van der Waals surface area contributed by atoms with Gasteiger partial charge in [0.15, 0.2) is 0 Å². The highest BCUT2D eigenvalue weighted by Crippen LogP contribution is 2.41. The molecule has 12 nitrogen and oxygen atoms in total. The molecule has 2 N–H and O–H groups in total. The number of nitrogens with zero attached hydrogens (tertiary/aromatic N) is 1. The first kappa shape index (κ1) is 47.2. The normalized spacial score (nSPS) is 20.7. The van der Waals surface area contributed by atoms with Crippen LogP contribution in [0.25, 0.3) is 0 Å². The molecular formula is C50H54IN3O9. The summed E-state index contributed by atoms with van der Waals surface area (Å²) in [6.45, 7) is 6.63. The van der Waals surface area contributed by atoms with Crippen molar-refractivity contribution in [1.82, 2.24) is 10.7 Å². The van der Waals surface area contributed by atoms with Gasteiger partial charge in [0.25, 0.3) is 0 Å². The van der Waals surface area contributed by atoms with Gasteiger partial charge in [-0.15, -0.1) is 6.58 Å². The van der Waals surface area contributed by atoms with Crippen molar-refractivity contribution in [3.05, 3.63) is 192 Å². The van der Waals surface area contributed by atoms with Crippen molar-refractivity contribution in [3.8, 4) is 0 Å². The molecule has 0 bridgehead atoms. The maximum Gasteiger partial charge on any atom is 0.333 e. The average molecular weight is 968 g/mol. The summed E-state index contributed by atoms with van der Waals surface area (Å²) in [4.78, 5) is 26.1. The second kappa shape index (κ2) is 25.1. The topological polar surface area (TPSA) is 135 Å². The zero-order valence-corrected chi connectivity index (χ0v) is 37.4. The van der Waals surface area contributed by atoms with Gasteiger partial charge in [-0.1, -0.05) is 158 Å². The molecule has 1 fully saturated rings. The van der Waals surface area contributed by atoms with Crippen molar-refractivity contribution < 1.29 is 41.1 Å². The summed E-state index contributed by atoms with van der Waals surface area (Å²) in [5.41, 5.74) is 7.58. The van der Waals surface area contributed by atoms with Crippen LogP contribution in [0.5, 0.6) is 0 Å². The van der Waals surface area contributed by atoms with E-state index in [0.717, 1.165) is 27.8 Å². The third-order valence-corrected chi connectivity index (χ3v) is 11.0. The minimum absolute atomic E-state index is 0.0591. The Kier molecular flexibility index (Phi) is 18.8. The standard InChI is InChI=1S/C50H54IN3O9/c1-3-43(49(56)61-35-42-27-17-8-18-28-42)53-48(55)37(2)54-52-30-29-50(63-51)47(60-34-41-25-15-7-16-26-41)46(59-33-40-23-13-6-14-24-40)45(58-32-39-21-11-5-12-22-39)44(62-50)36-57-31-38-19-9-4-10-20-38/h3-28,30,37,43-47,54H,1,29,31-36H2,2H3,(H,53,55)/b52-30+/t37-,43-,44+,45-,46-,47+,50+/m0/s1. The summed E-state index contributed by atoms with van der Waals surface area (Å²) in [5, 5.41) is 7.09. The van der Waals surface area contributed by atoms with Crippen LogP contribution in [0, 0.1) is 0 Å². The quantitative estimate of drug-likeness (QED) is 0.0205. The molecule has 5 aromatic rings. The van der Waals surface area contributed by atoms with Crippen molar-refractivity contribution >= 4 is 41.1 Å². The minimum Gasteiger partial charge on any atom is -0.459 e. The van der Waals surface area contributed by atoms with E-state index in [2.05, 4.69) is 22.4 Å². The largest absolute Gasteiger partial charge is 0.459 e. The highest BCUT2D eigenvalue weighted by atomic mass is 127. The lowest BCUT2D eigenvalue weighted by molar-refractivity contribution is -0.350. The number of nitrogens with one attached hydrogen (secondary N) is 2. The Morgan fingerprint density at radius 1 is 0.698 bits per heavy atom. The van der Waals surface area contributed by atoms with E-state index in [9.17, 15) is 9.59 Å². The van der Waals surface area contributed by atoms with Crippen LogP contribution in [-0.2, 0) is 74.1 Å². The maximum atomic E-state index is 13.2. The number of esters is 1. The fourth-order valence-corrected chi connectivity index (χ4v) is 7.42. The van der Waals surface area contributed by atoms with Crippen LogP contribution in [-0.4, -0.2) is 67.0 Å². The number of rotatable bonds is 24. The summed E-state index contributed by atoms with van der Waals surface area (Å²) in [5.74, 6) is -2.61. The van der Waals surface area contributed by atoms with E-state index in [1.165, 1.54) is 6.08 Å². The monoisotopic (exact) mass is 967 g/mol. The number of carbonyl (C=O) groups excluding carboxylic acids is 2. The highest BCUT2D eigenvalue weighted by Gasteiger charge is 2.57. The Labute approximate surface area is 383 Å². The molecule has 13 heteroatoms. The Bertz CT molecular complexity index is 2140. The van der Waals surface area contributed by atoms with Gasteiger partial charge in [0.2, 0.25) is 11.7 Å². The molecule has 7 atom stereocenters. The Morgan fingerprint density at radius 2 is 1.16 bits per heavy atom. The number of amides is 1. The van der Waals surface area contributed by atoms with Crippen LogP contribution in [0.4, 0.5) is 0 Å². The summed E-state index contributed by atoms with van der Waals surface area (Å²) in [6.07, 6.45) is -0.0342. The molecule has 0 radical (unpaired) electrons. The van der Waals surface area contributed by atoms with Gasteiger partial charge in [-0.25, -0.2) is 4.79 Å². The smallest absolute Gasteiger partial charge is 0.333 e. The molecule has 0 aromatic heterocycles. The second-order valence-corrected chi connectivity index (χ2v) is 15.4. The van der Waals surface area contributed by atoms with Crippen LogP contribution in [0.15, 0.2) is 169 Å². The number of ether oxygens (including phenoxy) is 6. The lowest BCUT2D eigenvalue weighted by Gasteiger charge is -2.51. The van der Waals surface area contributed by atoms with Gasteiger partial charge in [0.1, 0.15) is 66.1 Å². The van der Waals surface area contributed by atoms with Crippen LogP contribution >= 0.6 is 23.0 Å². The minimum atomic E-state index is -1.49. The van der Waals surface area contributed by atoms with Crippen molar-refractivity contribution in [2.75, 3.05) is 6.61 Å². The van der Waals surface area contributed by atoms with Gasteiger partial charge in [-0.2, -0.15) is 5.10 Å². The summed E-state index contributed by atoms with van der Waals surface area (Å²) >= 11 is 1.84. The molecule has 1 aliphatic heterocycles. The van der Waals surface area contributed by atoms with Crippen LogP contribution in [0.3, 0.4) is 0 Å². The molecule has 0 saturated carbocycles. The van der Waals surface area contributed by atoms with Crippen molar-refractivity contribution in [1.29, 1.82) is 0 Å². The summed E-state index contributed by atoms with van der Waals surface area (Å²) < 4.78 is 45.6.